The van der Waals surface area contributed by atoms with Crippen molar-refractivity contribution in [3.63, 3.8) is 0 Å². The molecule has 0 fully saturated rings. The van der Waals surface area contributed by atoms with Crippen molar-refractivity contribution >= 4 is 56.1 Å². The number of para-hydroxylation sites is 2. The van der Waals surface area contributed by atoms with Crippen LogP contribution in [0.15, 0.2) is 163 Å². The first-order chi connectivity index (χ1) is 20.8. The molecule has 1 heterocycles. The van der Waals surface area contributed by atoms with Crippen LogP contribution in [0.5, 0.6) is 0 Å². The Morgan fingerprint density at radius 3 is 1.67 bits per heavy atom. The lowest BCUT2D eigenvalue weighted by Gasteiger charge is -2.25. The van der Waals surface area contributed by atoms with Gasteiger partial charge in [-0.15, -0.1) is 0 Å². The highest BCUT2D eigenvalue weighted by molar-refractivity contribution is 8.00. The zero-order chi connectivity index (χ0) is 27.9. The van der Waals surface area contributed by atoms with E-state index in [9.17, 15) is 0 Å². The molecule has 0 saturated carbocycles. The topological polar surface area (TPSA) is 15.3 Å². The first-order valence-corrected chi connectivity index (χ1v) is 15.2. The van der Waals surface area contributed by atoms with E-state index in [1.807, 2.05) is 11.8 Å². The average Bonchev–Trinajstić information content (AvgIpc) is 3.53. The van der Waals surface area contributed by atoms with Crippen molar-refractivity contribution in [2.75, 3.05) is 10.2 Å². The van der Waals surface area contributed by atoms with Gasteiger partial charge < -0.3 is 10.2 Å². The molecule has 0 radical (unpaired) electrons. The van der Waals surface area contributed by atoms with Crippen LogP contribution in [0.25, 0.3) is 32.7 Å². The molecule has 7 aromatic rings. The maximum Gasteiger partial charge on any atom is 0.103 e. The van der Waals surface area contributed by atoms with Crippen LogP contribution >= 0.6 is 11.8 Å². The van der Waals surface area contributed by atoms with Gasteiger partial charge >= 0.3 is 0 Å². The van der Waals surface area contributed by atoms with Crippen molar-refractivity contribution in [1.82, 2.24) is 0 Å². The van der Waals surface area contributed by atoms with E-state index in [-0.39, 0.29) is 5.37 Å². The summed E-state index contributed by atoms with van der Waals surface area (Å²) in [7, 11) is 0. The molecule has 200 valence electrons. The lowest BCUT2D eigenvalue weighted by atomic mass is 9.95. The van der Waals surface area contributed by atoms with Gasteiger partial charge in [0.1, 0.15) is 5.37 Å². The van der Waals surface area contributed by atoms with Crippen LogP contribution in [0.4, 0.5) is 22.7 Å². The molecule has 2 nitrogen and oxygen atoms in total. The lowest BCUT2D eigenvalue weighted by molar-refractivity contribution is 1.14. The second kappa shape index (κ2) is 10.4. The molecule has 1 aliphatic rings. The Labute approximate surface area is 250 Å². The predicted octanol–water partition coefficient (Wildman–Crippen LogP) is 11.3. The molecule has 1 N–H and O–H groups in total. The fourth-order valence-electron chi connectivity index (χ4n) is 6.07. The first kappa shape index (κ1) is 24.8. The number of rotatable bonds is 5. The normalized spacial score (nSPS) is 14.0. The fraction of sp³-hybridized carbons (Fsp3) is 0.0256. The molecule has 3 heteroatoms. The van der Waals surface area contributed by atoms with Gasteiger partial charge in [-0.3, -0.25) is 0 Å². The number of benzene rings is 7. The second-order valence-electron chi connectivity index (χ2n) is 10.6. The van der Waals surface area contributed by atoms with Gasteiger partial charge in [0.15, 0.2) is 0 Å². The van der Waals surface area contributed by atoms with Crippen molar-refractivity contribution in [2.45, 2.75) is 10.3 Å². The molecule has 1 atom stereocenters. The number of thioether (sulfide) groups is 1. The number of nitrogens with one attached hydrogen (secondary N) is 1. The van der Waals surface area contributed by atoms with Gasteiger partial charge in [0.2, 0.25) is 0 Å². The van der Waals surface area contributed by atoms with E-state index in [4.69, 9.17) is 0 Å². The minimum absolute atomic E-state index is 0.208. The summed E-state index contributed by atoms with van der Waals surface area (Å²) in [5.74, 6) is 0. The van der Waals surface area contributed by atoms with Crippen LogP contribution in [0.3, 0.4) is 0 Å². The van der Waals surface area contributed by atoms with Crippen molar-refractivity contribution in [3.8, 4) is 11.1 Å². The maximum absolute atomic E-state index is 3.83. The Hall–Kier alpha value is -4.99. The van der Waals surface area contributed by atoms with Gasteiger partial charge in [0.05, 0.1) is 5.69 Å². The largest absolute Gasteiger partial charge is 0.368 e. The summed E-state index contributed by atoms with van der Waals surface area (Å²) in [6, 6.07) is 56.5. The number of fused-ring (bicyclic) bond motifs is 6. The van der Waals surface area contributed by atoms with E-state index in [2.05, 4.69) is 168 Å². The Balaban J connectivity index is 1.20. The highest BCUT2D eigenvalue weighted by Crippen LogP contribution is 2.53. The Kier molecular flexibility index (Phi) is 6.16. The van der Waals surface area contributed by atoms with Gasteiger partial charge in [-0.1, -0.05) is 127 Å². The molecule has 0 amide bonds. The van der Waals surface area contributed by atoms with E-state index >= 15 is 0 Å². The van der Waals surface area contributed by atoms with E-state index in [0.717, 1.165) is 17.1 Å². The lowest BCUT2D eigenvalue weighted by Crippen LogP contribution is -2.09. The quantitative estimate of drug-likeness (QED) is 0.212. The van der Waals surface area contributed by atoms with Crippen molar-refractivity contribution < 1.29 is 0 Å². The van der Waals surface area contributed by atoms with E-state index in [1.165, 1.54) is 48.8 Å². The van der Waals surface area contributed by atoms with Crippen LogP contribution in [0.1, 0.15) is 10.9 Å². The highest BCUT2D eigenvalue weighted by atomic mass is 32.2. The molecular formula is C39H28N2S. The summed E-state index contributed by atoms with van der Waals surface area (Å²) < 4.78 is 0. The van der Waals surface area contributed by atoms with Crippen molar-refractivity contribution in [3.05, 3.63) is 163 Å². The molecule has 7 aromatic carbocycles. The number of hydrogen-bond acceptors (Lipinski definition) is 3. The van der Waals surface area contributed by atoms with Gasteiger partial charge in [-0.2, -0.15) is 0 Å². The second-order valence-corrected chi connectivity index (χ2v) is 11.7. The molecule has 0 bridgehead atoms. The zero-order valence-corrected chi connectivity index (χ0v) is 23.8. The molecule has 1 aliphatic heterocycles. The fourth-order valence-corrected chi connectivity index (χ4v) is 7.36. The maximum atomic E-state index is 3.83. The van der Waals surface area contributed by atoms with Crippen LogP contribution in [0.2, 0.25) is 0 Å². The first-order valence-electron chi connectivity index (χ1n) is 14.3. The predicted molar refractivity (Wildman–Crippen MR) is 180 cm³/mol. The van der Waals surface area contributed by atoms with E-state index in [0.29, 0.717) is 0 Å². The number of anilines is 4. The molecule has 0 spiro atoms. The monoisotopic (exact) mass is 556 g/mol. The molecule has 1 unspecified atom stereocenters. The minimum Gasteiger partial charge on any atom is -0.368 e. The number of nitrogens with zero attached hydrogens (tertiary/aromatic N) is 1. The summed E-state index contributed by atoms with van der Waals surface area (Å²) in [6.07, 6.45) is 0. The SMILES string of the molecule is c1ccc(C2Nc3c(c4ccc(-c5ccc(N(c6ccccc6)c6ccccc6)cc5)cc4c4ccccc34)S2)cc1. The third kappa shape index (κ3) is 4.30. The van der Waals surface area contributed by atoms with Gasteiger partial charge in [-0.25, -0.2) is 0 Å². The van der Waals surface area contributed by atoms with Crippen LogP contribution in [-0.4, -0.2) is 0 Å². The van der Waals surface area contributed by atoms with Gasteiger partial charge in [0.25, 0.3) is 0 Å². The summed E-state index contributed by atoms with van der Waals surface area (Å²) in [4.78, 5) is 3.63. The zero-order valence-electron chi connectivity index (χ0n) is 22.9. The summed E-state index contributed by atoms with van der Waals surface area (Å²) >= 11 is 1.92. The standard InChI is InChI=1S/C39H28N2S/c1-4-12-28(13-5-1)39-40-37-34-19-11-10-18-33(34)36-26-29(22-25-35(36)38(37)42-39)27-20-23-32(24-21-27)41(30-14-6-2-7-15-30)31-16-8-3-9-17-31/h1-26,39-40H. The molecule has 0 aliphatic carbocycles. The van der Waals surface area contributed by atoms with Gasteiger partial charge in [-0.05, 0) is 75.3 Å². The summed E-state index contributed by atoms with van der Waals surface area (Å²) in [5, 5.41) is 9.20. The smallest absolute Gasteiger partial charge is 0.103 e. The Morgan fingerprint density at radius 1 is 0.452 bits per heavy atom. The third-order valence-electron chi connectivity index (χ3n) is 8.08. The molecule has 0 saturated heterocycles. The van der Waals surface area contributed by atoms with Crippen molar-refractivity contribution in [1.29, 1.82) is 0 Å². The van der Waals surface area contributed by atoms with Crippen molar-refractivity contribution in [2.24, 2.45) is 0 Å². The molecular weight excluding hydrogens is 529 g/mol. The van der Waals surface area contributed by atoms with Crippen LogP contribution < -0.4 is 10.2 Å². The molecule has 8 rings (SSSR count). The van der Waals surface area contributed by atoms with E-state index in [1.54, 1.807) is 0 Å². The van der Waals surface area contributed by atoms with E-state index < -0.39 is 0 Å². The highest BCUT2D eigenvalue weighted by Gasteiger charge is 2.27. The van der Waals surface area contributed by atoms with Crippen LogP contribution in [-0.2, 0) is 0 Å². The third-order valence-corrected chi connectivity index (χ3v) is 9.36. The average molecular weight is 557 g/mol. The minimum atomic E-state index is 0.208. The molecule has 0 aromatic heterocycles. The summed E-state index contributed by atoms with van der Waals surface area (Å²) in [5.41, 5.74) is 8.39. The number of hydrogen-bond donors (Lipinski definition) is 1. The Bertz CT molecular complexity index is 1980. The molecule has 42 heavy (non-hydrogen) atoms. The van der Waals surface area contributed by atoms with Crippen LogP contribution in [0, 0.1) is 0 Å². The summed E-state index contributed by atoms with van der Waals surface area (Å²) in [6.45, 7) is 0. The van der Waals surface area contributed by atoms with Gasteiger partial charge in [0, 0.05) is 27.3 Å². The Morgan fingerprint density at radius 2 is 1.00 bits per heavy atom.